The van der Waals surface area contributed by atoms with E-state index in [0.717, 1.165) is 12.2 Å². The number of halogens is 1. The summed E-state index contributed by atoms with van der Waals surface area (Å²) in [5.74, 6) is -1.07. The molecule has 5 rings (SSSR count). The Morgan fingerprint density at radius 3 is 2.61 bits per heavy atom. The molecule has 8 nitrogen and oxygen atoms in total. The quantitative estimate of drug-likeness (QED) is 0.378. The Labute approximate surface area is 231 Å². The van der Waals surface area contributed by atoms with Crippen LogP contribution in [0.3, 0.4) is 0 Å². The predicted octanol–water partition coefficient (Wildman–Crippen LogP) is 4.18. The summed E-state index contributed by atoms with van der Waals surface area (Å²) < 4.78 is 4.80. The second-order valence-electron chi connectivity index (χ2n) is 9.93. The minimum atomic E-state index is -0.728. The molecule has 2 unspecified atom stereocenters. The highest BCUT2D eigenvalue weighted by Gasteiger charge is 2.73. The zero-order chi connectivity index (χ0) is 26.9. The zero-order valence-corrected chi connectivity index (χ0v) is 22.8. The van der Waals surface area contributed by atoms with Gasteiger partial charge in [-0.25, -0.2) is 0 Å². The van der Waals surface area contributed by atoms with Crippen molar-refractivity contribution in [2.75, 3.05) is 30.4 Å². The molecule has 3 aliphatic heterocycles. The molecule has 5 atom stereocenters. The van der Waals surface area contributed by atoms with Gasteiger partial charge in [0, 0.05) is 24.1 Å². The fraction of sp³-hybridized carbons (Fsp3) is 0.464. The van der Waals surface area contributed by atoms with E-state index in [-0.39, 0.29) is 29.6 Å². The molecule has 3 heterocycles. The number of benzene rings is 2. The third-order valence-electron chi connectivity index (χ3n) is 7.72. The summed E-state index contributed by atoms with van der Waals surface area (Å²) in [6.07, 6.45) is 2.54. The molecule has 0 aliphatic carbocycles. The Morgan fingerprint density at radius 2 is 1.89 bits per heavy atom. The molecule has 10 heteroatoms. The number of para-hydroxylation sites is 1. The van der Waals surface area contributed by atoms with Gasteiger partial charge < -0.3 is 25.4 Å². The fourth-order valence-corrected chi connectivity index (χ4v) is 8.58. The molecule has 0 radical (unpaired) electrons. The predicted molar refractivity (Wildman–Crippen MR) is 148 cm³/mol. The van der Waals surface area contributed by atoms with E-state index in [1.54, 1.807) is 65.2 Å². The molecule has 38 heavy (non-hydrogen) atoms. The van der Waals surface area contributed by atoms with E-state index in [0.29, 0.717) is 48.8 Å². The van der Waals surface area contributed by atoms with Crippen LogP contribution in [0, 0.1) is 11.8 Å². The average Bonchev–Trinajstić information content (AvgIpc) is 3.54. The Morgan fingerprint density at radius 1 is 1.13 bits per heavy atom. The lowest BCUT2D eigenvalue weighted by molar-refractivity contribution is -0.138. The van der Waals surface area contributed by atoms with E-state index in [1.165, 1.54) is 0 Å². The third kappa shape index (κ3) is 4.76. The van der Waals surface area contributed by atoms with Crippen molar-refractivity contribution in [1.29, 1.82) is 0 Å². The van der Waals surface area contributed by atoms with E-state index < -0.39 is 22.6 Å². The third-order valence-corrected chi connectivity index (χ3v) is 10.0. The maximum Gasteiger partial charge on any atom is 0.248 e. The molecule has 3 fully saturated rings. The maximum atomic E-state index is 13.9. The van der Waals surface area contributed by atoms with Gasteiger partial charge in [-0.3, -0.25) is 14.4 Å². The van der Waals surface area contributed by atoms with Gasteiger partial charge in [-0.05, 0) is 69.0 Å². The van der Waals surface area contributed by atoms with Gasteiger partial charge in [0.25, 0.3) is 0 Å². The smallest absolute Gasteiger partial charge is 0.248 e. The SMILES string of the molecule is CCOc1ccc(NC(=O)[C@@H]2[C@@H]3CCC4(S3)C(C(=O)Nc3ccccc3Cl)N(CCCCO)C(=O)[C@H]24)cc1. The summed E-state index contributed by atoms with van der Waals surface area (Å²) in [6, 6.07) is 13.5. The molecule has 0 aromatic heterocycles. The zero-order valence-electron chi connectivity index (χ0n) is 21.2. The number of fused-ring (bicyclic) bond motifs is 1. The highest BCUT2D eigenvalue weighted by molar-refractivity contribution is 8.02. The van der Waals surface area contributed by atoms with Crippen molar-refractivity contribution in [3.8, 4) is 5.75 Å². The number of carbonyl (C=O) groups excluding carboxylic acids is 3. The lowest BCUT2D eigenvalue weighted by Gasteiger charge is -2.34. The van der Waals surface area contributed by atoms with Gasteiger partial charge in [0.2, 0.25) is 17.7 Å². The number of aliphatic hydroxyl groups is 1. The second kappa shape index (κ2) is 11.2. The molecule has 3 N–H and O–H groups in total. The number of unbranched alkanes of at least 4 members (excludes halogenated alkanes) is 1. The molecule has 2 aromatic carbocycles. The maximum absolute atomic E-state index is 13.9. The van der Waals surface area contributed by atoms with E-state index in [9.17, 15) is 19.5 Å². The van der Waals surface area contributed by atoms with Gasteiger partial charge >= 0.3 is 0 Å². The van der Waals surface area contributed by atoms with Crippen molar-refractivity contribution in [1.82, 2.24) is 4.90 Å². The molecule has 3 amide bonds. The van der Waals surface area contributed by atoms with Gasteiger partial charge in [0.1, 0.15) is 11.8 Å². The van der Waals surface area contributed by atoms with Crippen LogP contribution in [0.15, 0.2) is 48.5 Å². The van der Waals surface area contributed by atoms with Crippen LogP contribution in [-0.4, -0.2) is 63.5 Å². The number of ether oxygens (including phenoxy) is 1. The molecule has 202 valence electrons. The molecular formula is C28H32ClN3O5S. The number of hydrogen-bond acceptors (Lipinski definition) is 6. The Bertz CT molecular complexity index is 1210. The standard InChI is InChI=1S/C28H32ClN3O5S/c1-2-37-18-11-9-17(10-12-18)30-25(34)22-21-13-14-28(38-21)23(22)27(36)32(15-5-6-16-33)24(28)26(35)31-20-8-4-3-7-19(20)29/h3-4,7-12,21-24,33H,2,5-6,13-16H2,1H3,(H,30,34)(H,31,35)/t21-,22+,23-,24?,28?/m0/s1. The highest BCUT2D eigenvalue weighted by Crippen LogP contribution is 2.66. The van der Waals surface area contributed by atoms with Crippen molar-refractivity contribution in [2.45, 2.75) is 48.6 Å². The average molecular weight is 558 g/mol. The molecule has 2 bridgehead atoms. The first-order valence-electron chi connectivity index (χ1n) is 13.1. The normalized spacial score (nSPS) is 27.3. The summed E-state index contributed by atoms with van der Waals surface area (Å²) in [7, 11) is 0. The number of thioether (sulfide) groups is 1. The molecule has 3 saturated heterocycles. The summed E-state index contributed by atoms with van der Waals surface area (Å²) in [6.45, 7) is 2.82. The van der Waals surface area contributed by atoms with Crippen molar-refractivity contribution >= 4 is 52.5 Å². The lowest BCUT2D eigenvalue weighted by atomic mass is 9.70. The molecular weight excluding hydrogens is 526 g/mol. The summed E-state index contributed by atoms with van der Waals surface area (Å²) in [5.41, 5.74) is 1.13. The fourth-order valence-electron chi connectivity index (χ4n) is 6.18. The van der Waals surface area contributed by atoms with Gasteiger partial charge in [0.05, 0.1) is 33.9 Å². The highest BCUT2D eigenvalue weighted by atomic mass is 35.5. The minimum absolute atomic E-state index is 0.0109. The summed E-state index contributed by atoms with van der Waals surface area (Å²) >= 11 is 7.93. The lowest BCUT2D eigenvalue weighted by Crippen LogP contribution is -2.51. The first-order valence-corrected chi connectivity index (χ1v) is 14.3. The largest absolute Gasteiger partial charge is 0.494 e. The minimum Gasteiger partial charge on any atom is -0.494 e. The monoisotopic (exact) mass is 557 g/mol. The number of nitrogens with one attached hydrogen (secondary N) is 2. The van der Waals surface area contributed by atoms with Crippen LogP contribution in [0.1, 0.15) is 32.6 Å². The second-order valence-corrected chi connectivity index (χ2v) is 11.9. The Kier molecular flexibility index (Phi) is 7.88. The van der Waals surface area contributed by atoms with Crippen molar-refractivity contribution in [2.24, 2.45) is 11.8 Å². The first-order chi connectivity index (χ1) is 18.4. The van der Waals surface area contributed by atoms with Crippen LogP contribution in [0.5, 0.6) is 5.75 Å². The van der Waals surface area contributed by atoms with Crippen LogP contribution in [-0.2, 0) is 14.4 Å². The Balaban J connectivity index is 1.41. The van der Waals surface area contributed by atoms with Crippen LogP contribution in [0.2, 0.25) is 5.02 Å². The number of carbonyl (C=O) groups is 3. The molecule has 2 aromatic rings. The first kappa shape index (κ1) is 26.8. The number of hydrogen-bond donors (Lipinski definition) is 3. The number of amides is 3. The number of anilines is 2. The van der Waals surface area contributed by atoms with E-state index in [4.69, 9.17) is 16.3 Å². The topological polar surface area (TPSA) is 108 Å². The molecule has 3 aliphatic rings. The summed E-state index contributed by atoms with van der Waals surface area (Å²) in [4.78, 5) is 43.0. The van der Waals surface area contributed by atoms with Crippen LogP contribution < -0.4 is 15.4 Å². The van der Waals surface area contributed by atoms with Crippen LogP contribution >= 0.6 is 23.4 Å². The summed E-state index contributed by atoms with van der Waals surface area (Å²) in [5, 5.41) is 15.6. The van der Waals surface area contributed by atoms with Crippen LogP contribution in [0.25, 0.3) is 0 Å². The van der Waals surface area contributed by atoms with Gasteiger partial charge in [0.15, 0.2) is 0 Å². The number of rotatable bonds is 10. The Hall–Kier alpha value is -2.75. The van der Waals surface area contributed by atoms with Crippen molar-refractivity contribution in [3.05, 3.63) is 53.6 Å². The van der Waals surface area contributed by atoms with E-state index in [1.807, 2.05) is 6.92 Å². The van der Waals surface area contributed by atoms with Gasteiger partial charge in [-0.15, -0.1) is 11.8 Å². The molecule has 1 spiro atoms. The van der Waals surface area contributed by atoms with Crippen LogP contribution in [0.4, 0.5) is 11.4 Å². The van der Waals surface area contributed by atoms with Crippen molar-refractivity contribution < 1.29 is 24.2 Å². The van der Waals surface area contributed by atoms with E-state index in [2.05, 4.69) is 10.6 Å². The number of nitrogens with zero attached hydrogens (tertiary/aromatic N) is 1. The van der Waals surface area contributed by atoms with Gasteiger partial charge in [-0.1, -0.05) is 23.7 Å². The number of aliphatic hydroxyl groups excluding tert-OH is 1. The molecule has 0 saturated carbocycles. The van der Waals surface area contributed by atoms with Gasteiger partial charge in [-0.2, -0.15) is 0 Å². The van der Waals surface area contributed by atoms with Crippen molar-refractivity contribution in [3.63, 3.8) is 0 Å². The van der Waals surface area contributed by atoms with E-state index >= 15 is 0 Å². The number of likely N-dealkylation sites (tertiary alicyclic amines) is 1.